The van der Waals surface area contributed by atoms with Gasteiger partial charge in [-0.2, -0.15) is 0 Å². The summed E-state index contributed by atoms with van der Waals surface area (Å²) in [5.74, 6) is -0.657. The average Bonchev–Trinajstić information content (AvgIpc) is 2.73. The van der Waals surface area contributed by atoms with Crippen LogP contribution in [0.1, 0.15) is 34.6 Å². The van der Waals surface area contributed by atoms with Crippen LogP contribution < -0.4 is 16.0 Å². The summed E-state index contributed by atoms with van der Waals surface area (Å²) in [6.45, 7) is 7.95. The third-order valence-corrected chi connectivity index (χ3v) is 5.21. The summed E-state index contributed by atoms with van der Waals surface area (Å²) < 4.78 is 23.1. The highest BCUT2D eigenvalue weighted by Crippen LogP contribution is 2.29. The van der Waals surface area contributed by atoms with Crippen LogP contribution in [0.3, 0.4) is 0 Å². The highest BCUT2D eigenvalue weighted by molar-refractivity contribution is 7.91. The second-order valence-electron chi connectivity index (χ2n) is 7.57. The molecule has 1 atom stereocenters. The molecule has 11 heteroatoms. The summed E-state index contributed by atoms with van der Waals surface area (Å²) >= 11 is -1.53. The Morgan fingerprint density at radius 1 is 0.882 bits per heavy atom. The number of carbonyl (C=O) groups is 3. The molecule has 0 aromatic heterocycles. The minimum atomic E-state index is -1.53. The van der Waals surface area contributed by atoms with E-state index in [0.29, 0.717) is 15.5 Å². The quantitative estimate of drug-likeness (QED) is 0.313. The van der Waals surface area contributed by atoms with E-state index < -0.39 is 35.6 Å². The molecule has 2 aromatic carbocycles. The number of aliphatic imine (C=N–C) groups is 1. The van der Waals surface area contributed by atoms with Crippen LogP contribution in [-0.4, -0.2) is 40.8 Å². The standard InChI is InChI=1S/C23H28N4O6S/c1-14(2)32-22(29)26-21(27-23(30)33-15(3)4)25-20-13-18(11-12-19(20)24-16(5)28)34(31)17-9-7-6-8-10-17/h6-15H,1-5H3,(H,24,28)(H2,25,26,27,29,30). The first-order valence-electron chi connectivity index (χ1n) is 10.5. The summed E-state index contributed by atoms with van der Waals surface area (Å²) in [5.41, 5.74) is 0.545. The van der Waals surface area contributed by atoms with E-state index in [-0.39, 0.29) is 17.6 Å². The molecule has 0 fully saturated rings. The minimum absolute atomic E-state index is 0.234. The number of ether oxygens (including phenoxy) is 2. The molecule has 0 bridgehead atoms. The van der Waals surface area contributed by atoms with Crippen molar-refractivity contribution in [2.24, 2.45) is 4.99 Å². The molecule has 2 rings (SSSR count). The van der Waals surface area contributed by atoms with Gasteiger partial charge in [0.05, 0.1) is 23.6 Å². The van der Waals surface area contributed by atoms with Crippen molar-refractivity contribution >= 4 is 46.6 Å². The molecule has 10 nitrogen and oxygen atoms in total. The lowest BCUT2D eigenvalue weighted by atomic mass is 10.2. The van der Waals surface area contributed by atoms with Crippen molar-refractivity contribution in [3.8, 4) is 0 Å². The summed E-state index contributed by atoms with van der Waals surface area (Å²) in [5, 5.41) is 7.79. The van der Waals surface area contributed by atoms with E-state index in [1.807, 2.05) is 6.07 Å². The molecule has 3 N–H and O–H groups in total. The van der Waals surface area contributed by atoms with Gasteiger partial charge in [0.2, 0.25) is 11.9 Å². The van der Waals surface area contributed by atoms with E-state index in [1.165, 1.54) is 13.0 Å². The Kier molecular flexibility index (Phi) is 9.90. The second-order valence-corrected chi connectivity index (χ2v) is 9.05. The number of nitrogens with zero attached hydrogens (tertiary/aromatic N) is 1. The zero-order valence-corrected chi connectivity index (χ0v) is 20.4. The Morgan fingerprint density at radius 2 is 1.53 bits per heavy atom. The molecule has 0 spiro atoms. The third kappa shape index (κ3) is 8.75. The Morgan fingerprint density at radius 3 is 2.12 bits per heavy atom. The third-order valence-electron chi connectivity index (χ3n) is 3.83. The SMILES string of the molecule is CC(=O)Nc1ccc([S+]([O-])c2ccccc2)cc1NC(=NC(=O)OC(C)C)NC(=O)OC(C)C. The summed E-state index contributed by atoms with van der Waals surface area (Å²) in [7, 11) is 0. The van der Waals surface area contributed by atoms with Crippen LogP contribution in [0.5, 0.6) is 0 Å². The number of carbonyl (C=O) groups excluding carboxylic acids is 3. The first-order chi connectivity index (χ1) is 16.0. The molecule has 0 saturated carbocycles. The van der Waals surface area contributed by atoms with Crippen molar-refractivity contribution in [2.45, 2.75) is 56.6 Å². The van der Waals surface area contributed by atoms with E-state index in [0.717, 1.165) is 0 Å². The van der Waals surface area contributed by atoms with Crippen molar-refractivity contribution in [1.82, 2.24) is 5.32 Å². The molecule has 182 valence electrons. The Labute approximate surface area is 201 Å². The van der Waals surface area contributed by atoms with Crippen molar-refractivity contribution in [2.75, 3.05) is 10.6 Å². The van der Waals surface area contributed by atoms with E-state index >= 15 is 0 Å². The molecule has 0 heterocycles. The van der Waals surface area contributed by atoms with Gasteiger partial charge in [-0.05, 0) is 52.0 Å². The number of anilines is 2. The van der Waals surface area contributed by atoms with Crippen molar-refractivity contribution in [1.29, 1.82) is 0 Å². The Bertz CT molecular complexity index is 1040. The van der Waals surface area contributed by atoms with Gasteiger partial charge in [0, 0.05) is 24.2 Å². The molecule has 0 aliphatic heterocycles. The van der Waals surface area contributed by atoms with E-state index in [9.17, 15) is 18.9 Å². The maximum Gasteiger partial charge on any atom is 0.437 e. The number of nitrogens with one attached hydrogen (secondary N) is 3. The molecule has 1 unspecified atom stereocenters. The van der Waals surface area contributed by atoms with Crippen LogP contribution in [0.4, 0.5) is 21.0 Å². The van der Waals surface area contributed by atoms with Gasteiger partial charge in [0.15, 0.2) is 9.79 Å². The van der Waals surface area contributed by atoms with E-state index in [4.69, 9.17) is 9.47 Å². The summed E-state index contributed by atoms with van der Waals surface area (Å²) in [6.07, 6.45) is -2.67. The molecule has 0 aliphatic rings. The molecule has 0 radical (unpaired) electrons. The summed E-state index contributed by atoms with van der Waals surface area (Å²) in [6, 6.07) is 13.5. The molecular weight excluding hydrogens is 460 g/mol. The van der Waals surface area contributed by atoms with Gasteiger partial charge in [-0.15, -0.1) is 4.99 Å². The van der Waals surface area contributed by atoms with Crippen LogP contribution in [0.25, 0.3) is 0 Å². The van der Waals surface area contributed by atoms with Crippen LogP contribution in [0, 0.1) is 0 Å². The van der Waals surface area contributed by atoms with E-state index in [1.54, 1.807) is 64.1 Å². The van der Waals surface area contributed by atoms with Gasteiger partial charge in [-0.25, -0.2) is 9.59 Å². The molecule has 0 saturated heterocycles. The van der Waals surface area contributed by atoms with Crippen molar-refractivity contribution in [3.05, 3.63) is 48.5 Å². The maximum atomic E-state index is 13.0. The number of hydrogen-bond acceptors (Lipinski definition) is 6. The number of guanidine groups is 1. The van der Waals surface area contributed by atoms with Gasteiger partial charge in [-0.3, -0.25) is 10.1 Å². The van der Waals surface area contributed by atoms with Crippen molar-refractivity contribution in [3.63, 3.8) is 0 Å². The fraction of sp³-hybridized carbons (Fsp3) is 0.304. The number of alkyl carbamates (subject to hydrolysis) is 1. The number of amides is 3. The lowest BCUT2D eigenvalue weighted by Crippen LogP contribution is -2.38. The highest BCUT2D eigenvalue weighted by atomic mass is 32.2. The molecule has 2 aromatic rings. The predicted molar refractivity (Wildman–Crippen MR) is 129 cm³/mol. The lowest BCUT2D eigenvalue weighted by Gasteiger charge is -2.17. The number of benzene rings is 2. The number of rotatable bonds is 6. The first-order valence-corrected chi connectivity index (χ1v) is 11.6. The monoisotopic (exact) mass is 488 g/mol. The van der Waals surface area contributed by atoms with Gasteiger partial charge in [0.25, 0.3) is 0 Å². The van der Waals surface area contributed by atoms with Crippen LogP contribution in [-0.2, 0) is 25.4 Å². The van der Waals surface area contributed by atoms with Crippen LogP contribution >= 0.6 is 0 Å². The van der Waals surface area contributed by atoms with Gasteiger partial charge >= 0.3 is 12.2 Å². The maximum absolute atomic E-state index is 13.0. The summed E-state index contributed by atoms with van der Waals surface area (Å²) in [4.78, 5) is 40.7. The highest BCUT2D eigenvalue weighted by Gasteiger charge is 2.19. The van der Waals surface area contributed by atoms with E-state index in [2.05, 4.69) is 20.9 Å². The predicted octanol–water partition coefficient (Wildman–Crippen LogP) is 4.26. The molecule has 34 heavy (non-hydrogen) atoms. The minimum Gasteiger partial charge on any atom is -0.606 e. The van der Waals surface area contributed by atoms with Crippen LogP contribution in [0.15, 0.2) is 63.3 Å². The average molecular weight is 489 g/mol. The van der Waals surface area contributed by atoms with Gasteiger partial charge in [-0.1, -0.05) is 18.2 Å². The van der Waals surface area contributed by atoms with Crippen LogP contribution in [0.2, 0.25) is 0 Å². The van der Waals surface area contributed by atoms with Gasteiger partial charge < -0.3 is 24.7 Å². The normalized spacial score (nSPS) is 12.2. The largest absolute Gasteiger partial charge is 0.606 e. The Hall–Kier alpha value is -3.57. The lowest BCUT2D eigenvalue weighted by molar-refractivity contribution is -0.114. The fourth-order valence-corrected chi connectivity index (χ4v) is 3.69. The molecule has 0 aliphatic carbocycles. The molecule has 3 amide bonds. The molecular formula is C23H28N4O6S. The topological polar surface area (TPSA) is 141 Å². The van der Waals surface area contributed by atoms with Crippen molar-refractivity contribution < 1.29 is 28.4 Å². The number of hydrogen-bond donors (Lipinski definition) is 3. The second kappa shape index (κ2) is 12.6. The smallest absolute Gasteiger partial charge is 0.437 e. The zero-order valence-electron chi connectivity index (χ0n) is 19.6. The Balaban J connectivity index is 2.44. The van der Waals surface area contributed by atoms with Gasteiger partial charge in [0.1, 0.15) is 0 Å². The fourth-order valence-electron chi connectivity index (χ4n) is 2.60. The zero-order chi connectivity index (χ0) is 25.3. The first kappa shape index (κ1) is 26.7.